The molecule has 0 saturated carbocycles. The average molecular weight is 306 g/mol. The Hall–Kier alpha value is -2.62. The van der Waals surface area contributed by atoms with Gasteiger partial charge in [-0.2, -0.15) is 0 Å². The van der Waals surface area contributed by atoms with E-state index in [0.29, 0.717) is 11.8 Å². The fourth-order valence-electron chi connectivity index (χ4n) is 3.94. The number of para-hydroxylation sites is 1. The summed E-state index contributed by atoms with van der Waals surface area (Å²) in [6.45, 7) is 2.11. The summed E-state index contributed by atoms with van der Waals surface area (Å²) < 4.78 is 0. The van der Waals surface area contributed by atoms with Gasteiger partial charge in [-0.3, -0.25) is 10.1 Å². The second-order valence-corrected chi connectivity index (χ2v) is 6.37. The van der Waals surface area contributed by atoms with Gasteiger partial charge in [-0.05, 0) is 36.0 Å². The molecule has 0 spiro atoms. The van der Waals surface area contributed by atoms with E-state index < -0.39 is 0 Å². The van der Waals surface area contributed by atoms with Gasteiger partial charge in [0.2, 0.25) is 0 Å². The van der Waals surface area contributed by atoms with E-state index in [2.05, 4.69) is 42.6 Å². The Balaban J connectivity index is 1.80. The Kier molecular flexibility index (Phi) is 3.18. The zero-order valence-corrected chi connectivity index (χ0v) is 12.9. The van der Waals surface area contributed by atoms with Crippen molar-refractivity contribution in [3.8, 4) is 0 Å². The van der Waals surface area contributed by atoms with Gasteiger partial charge in [-0.1, -0.05) is 42.5 Å². The molecule has 3 unspecified atom stereocenters. The van der Waals surface area contributed by atoms with Crippen molar-refractivity contribution in [2.45, 2.75) is 25.3 Å². The second-order valence-electron chi connectivity index (χ2n) is 6.37. The van der Waals surface area contributed by atoms with Gasteiger partial charge in [-0.15, -0.1) is 0 Å². The minimum atomic E-state index is -0.324. The van der Waals surface area contributed by atoms with Crippen molar-refractivity contribution in [1.82, 2.24) is 0 Å². The highest BCUT2D eigenvalue weighted by molar-refractivity contribution is 5.64. The second kappa shape index (κ2) is 5.23. The maximum Gasteiger partial charge on any atom is 0.269 e. The number of benzene rings is 2. The van der Waals surface area contributed by atoms with E-state index >= 15 is 0 Å². The Bertz CT molecular complexity index is 813. The fourth-order valence-corrected chi connectivity index (χ4v) is 3.94. The Morgan fingerprint density at radius 3 is 2.87 bits per heavy atom. The van der Waals surface area contributed by atoms with Crippen molar-refractivity contribution in [2.75, 3.05) is 5.32 Å². The first kappa shape index (κ1) is 14.0. The summed E-state index contributed by atoms with van der Waals surface area (Å²) in [6, 6.07) is 13.5. The van der Waals surface area contributed by atoms with Gasteiger partial charge in [-0.25, -0.2) is 0 Å². The summed E-state index contributed by atoms with van der Waals surface area (Å²) in [5.41, 5.74) is 4.88. The molecule has 2 aromatic rings. The van der Waals surface area contributed by atoms with Crippen molar-refractivity contribution in [3.63, 3.8) is 0 Å². The standard InChI is InChI=1S/C19H18N2O2/c1-12-5-2-9-16-15-8-4-10-17(15)19(20-18(12)16)13-6-3-7-14(11-13)21(22)23/h2-9,11,15,17,19-20H,10H2,1H3. The molecule has 0 fully saturated rings. The molecule has 1 N–H and O–H groups in total. The topological polar surface area (TPSA) is 55.2 Å². The van der Waals surface area contributed by atoms with E-state index in [1.165, 1.54) is 16.8 Å². The molecular formula is C19H18N2O2. The van der Waals surface area contributed by atoms with Crippen LogP contribution in [0.2, 0.25) is 0 Å². The molecule has 1 aliphatic carbocycles. The van der Waals surface area contributed by atoms with E-state index in [4.69, 9.17) is 0 Å². The first-order chi connectivity index (χ1) is 11.1. The lowest BCUT2D eigenvalue weighted by atomic mass is 9.76. The van der Waals surface area contributed by atoms with E-state index in [9.17, 15) is 10.1 Å². The predicted octanol–water partition coefficient (Wildman–Crippen LogP) is 4.73. The van der Waals surface area contributed by atoms with Gasteiger partial charge in [0.05, 0.1) is 11.0 Å². The number of non-ortho nitro benzene ring substituents is 1. The molecule has 4 nitrogen and oxygen atoms in total. The summed E-state index contributed by atoms with van der Waals surface area (Å²) in [7, 11) is 0. The van der Waals surface area contributed by atoms with Crippen LogP contribution in [0.25, 0.3) is 0 Å². The summed E-state index contributed by atoms with van der Waals surface area (Å²) in [5, 5.41) is 14.7. The Labute approximate surface area is 135 Å². The first-order valence-electron chi connectivity index (χ1n) is 7.92. The Morgan fingerprint density at radius 2 is 2.04 bits per heavy atom. The lowest BCUT2D eigenvalue weighted by Gasteiger charge is -2.38. The number of fused-ring (bicyclic) bond motifs is 3. The van der Waals surface area contributed by atoms with Crippen LogP contribution in [0.3, 0.4) is 0 Å². The highest BCUT2D eigenvalue weighted by Crippen LogP contribution is 2.50. The summed E-state index contributed by atoms with van der Waals surface area (Å²) >= 11 is 0. The van der Waals surface area contributed by atoms with Crippen molar-refractivity contribution < 1.29 is 4.92 Å². The lowest BCUT2D eigenvalue weighted by Crippen LogP contribution is -2.29. The minimum absolute atomic E-state index is 0.100. The number of nitro groups is 1. The molecule has 0 amide bonds. The number of hydrogen-bond donors (Lipinski definition) is 1. The molecule has 0 radical (unpaired) electrons. The van der Waals surface area contributed by atoms with Gasteiger partial charge in [0, 0.05) is 23.7 Å². The summed E-state index contributed by atoms with van der Waals surface area (Å²) in [6.07, 6.45) is 5.52. The van der Waals surface area contributed by atoms with Crippen LogP contribution in [-0.2, 0) is 0 Å². The highest BCUT2D eigenvalue weighted by Gasteiger charge is 2.38. The maximum atomic E-state index is 11.1. The number of nitrogens with one attached hydrogen (secondary N) is 1. The van der Waals surface area contributed by atoms with E-state index in [1.807, 2.05) is 6.07 Å². The largest absolute Gasteiger partial charge is 0.377 e. The van der Waals surface area contributed by atoms with Crippen LogP contribution in [0.4, 0.5) is 11.4 Å². The number of allylic oxidation sites excluding steroid dienone is 2. The molecule has 0 saturated heterocycles. The molecule has 23 heavy (non-hydrogen) atoms. The molecule has 4 rings (SSSR count). The smallest absolute Gasteiger partial charge is 0.269 e. The third-order valence-corrected chi connectivity index (χ3v) is 5.05. The number of hydrogen-bond acceptors (Lipinski definition) is 3. The van der Waals surface area contributed by atoms with E-state index in [1.54, 1.807) is 18.2 Å². The summed E-state index contributed by atoms with van der Waals surface area (Å²) in [5.74, 6) is 0.793. The molecule has 2 aliphatic rings. The van der Waals surface area contributed by atoms with Crippen molar-refractivity contribution in [3.05, 3.63) is 81.4 Å². The van der Waals surface area contributed by atoms with E-state index in [-0.39, 0.29) is 16.7 Å². The van der Waals surface area contributed by atoms with Gasteiger partial charge >= 0.3 is 0 Å². The van der Waals surface area contributed by atoms with Crippen molar-refractivity contribution in [2.24, 2.45) is 5.92 Å². The van der Waals surface area contributed by atoms with Crippen LogP contribution < -0.4 is 5.32 Å². The van der Waals surface area contributed by atoms with Crippen molar-refractivity contribution >= 4 is 11.4 Å². The molecular weight excluding hydrogens is 288 g/mol. The van der Waals surface area contributed by atoms with Crippen LogP contribution in [0.1, 0.15) is 35.1 Å². The van der Waals surface area contributed by atoms with Crippen LogP contribution in [0.15, 0.2) is 54.6 Å². The van der Waals surface area contributed by atoms with Gasteiger partial charge in [0.15, 0.2) is 0 Å². The van der Waals surface area contributed by atoms with Gasteiger partial charge in [0.1, 0.15) is 0 Å². The first-order valence-corrected chi connectivity index (χ1v) is 7.92. The van der Waals surface area contributed by atoms with Gasteiger partial charge in [0.25, 0.3) is 5.69 Å². The number of nitro benzene ring substituents is 1. The van der Waals surface area contributed by atoms with Crippen LogP contribution in [-0.4, -0.2) is 4.92 Å². The van der Waals surface area contributed by atoms with Crippen LogP contribution >= 0.6 is 0 Å². The minimum Gasteiger partial charge on any atom is -0.377 e. The molecule has 2 aromatic carbocycles. The molecule has 1 aliphatic heterocycles. The van der Waals surface area contributed by atoms with Crippen LogP contribution in [0, 0.1) is 23.0 Å². The molecule has 0 bridgehead atoms. The number of anilines is 1. The third kappa shape index (κ3) is 2.22. The number of nitrogens with zero attached hydrogens (tertiary/aromatic N) is 1. The normalized spacial score (nSPS) is 24.7. The quantitative estimate of drug-likeness (QED) is 0.496. The molecule has 3 atom stereocenters. The number of rotatable bonds is 2. The lowest BCUT2D eigenvalue weighted by molar-refractivity contribution is -0.384. The Morgan fingerprint density at radius 1 is 1.22 bits per heavy atom. The summed E-state index contributed by atoms with van der Waals surface area (Å²) in [4.78, 5) is 10.8. The molecule has 1 heterocycles. The molecule has 4 heteroatoms. The fraction of sp³-hybridized carbons (Fsp3) is 0.263. The maximum absolute atomic E-state index is 11.1. The van der Waals surface area contributed by atoms with Crippen LogP contribution in [0.5, 0.6) is 0 Å². The highest BCUT2D eigenvalue weighted by atomic mass is 16.6. The van der Waals surface area contributed by atoms with Crippen molar-refractivity contribution in [1.29, 1.82) is 0 Å². The third-order valence-electron chi connectivity index (χ3n) is 5.05. The average Bonchev–Trinajstić information content (AvgIpc) is 3.04. The SMILES string of the molecule is Cc1cccc2c1NC(c1cccc([N+](=O)[O-])c1)C1CC=CC21. The predicted molar refractivity (Wildman–Crippen MR) is 90.6 cm³/mol. The number of aryl methyl sites for hydroxylation is 1. The monoisotopic (exact) mass is 306 g/mol. The molecule has 116 valence electrons. The zero-order valence-electron chi connectivity index (χ0n) is 12.9. The van der Waals surface area contributed by atoms with Gasteiger partial charge < -0.3 is 5.32 Å². The zero-order chi connectivity index (χ0) is 16.0. The molecule has 0 aromatic heterocycles. The van der Waals surface area contributed by atoms with E-state index in [0.717, 1.165) is 12.0 Å².